The fraction of sp³-hybridized carbons (Fsp3) is 0.250. The van der Waals surface area contributed by atoms with E-state index in [1.54, 1.807) is 0 Å². The minimum Gasteiger partial charge on any atom is -0.490 e. The zero-order valence-electron chi connectivity index (χ0n) is 8.56. The van der Waals surface area contributed by atoms with Gasteiger partial charge in [0.2, 0.25) is 0 Å². The number of hydrogen-bond acceptors (Lipinski definition) is 8. The highest BCUT2D eigenvalue weighted by Gasteiger charge is 2.45. The number of methoxy groups -OCH3 is 1. The Bertz CT molecular complexity index is 453. The Kier molecular flexibility index (Phi) is 2.59. The molecule has 0 atom stereocenters. The number of aliphatic hydroxyl groups is 2. The highest BCUT2D eigenvalue weighted by Crippen LogP contribution is 2.35. The van der Waals surface area contributed by atoms with E-state index in [-0.39, 0.29) is 17.1 Å². The van der Waals surface area contributed by atoms with Crippen LogP contribution in [-0.4, -0.2) is 28.4 Å². The number of nitro benzene ring substituents is 1. The molecule has 0 radical (unpaired) electrons. The molecule has 1 saturated heterocycles. The summed E-state index contributed by atoms with van der Waals surface area (Å²) in [6, 6.07) is 3.74. The minimum absolute atomic E-state index is 0.00641. The van der Waals surface area contributed by atoms with E-state index in [1.807, 2.05) is 0 Å². The van der Waals surface area contributed by atoms with Gasteiger partial charge in [-0.25, -0.2) is 0 Å². The number of ether oxygens (including phenoxy) is 1. The van der Waals surface area contributed by atoms with E-state index in [0.29, 0.717) is 5.23 Å². The van der Waals surface area contributed by atoms with Gasteiger partial charge in [0.15, 0.2) is 5.75 Å². The van der Waals surface area contributed by atoms with E-state index in [1.165, 1.54) is 25.3 Å². The first-order valence-corrected chi connectivity index (χ1v) is 4.38. The molecule has 0 bridgehead atoms. The Morgan fingerprint density at radius 1 is 1.47 bits per heavy atom. The van der Waals surface area contributed by atoms with E-state index in [4.69, 9.17) is 14.9 Å². The fourth-order valence-electron chi connectivity index (χ4n) is 1.26. The molecular weight excluding hydrogens is 236 g/mol. The van der Waals surface area contributed by atoms with Gasteiger partial charge < -0.3 is 14.9 Å². The highest BCUT2D eigenvalue weighted by molar-refractivity contribution is 5.57. The number of nitro groups is 1. The van der Waals surface area contributed by atoms with Crippen LogP contribution in [0.2, 0.25) is 0 Å². The maximum absolute atomic E-state index is 10.6. The molecule has 0 aliphatic carbocycles. The molecule has 9 heteroatoms. The van der Waals surface area contributed by atoms with Crippen molar-refractivity contribution in [3.05, 3.63) is 28.3 Å². The zero-order valence-corrected chi connectivity index (χ0v) is 8.56. The van der Waals surface area contributed by atoms with Crippen molar-refractivity contribution in [3.8, 4) is 5.75 Å². The molecule has 9 nitrogen and oxygen atoms in total. The van der Waals surface area contributed by atoms with Crippen molar-refractivity contribution in [2.75, 3.05) is 12.3 Å². The number of nitrogens with zero attached hydrogens (tertiary/aromatic N) is 2. The largest absolute Gasteiger partial charge is 0.490 e. The second-order valence-corrected chi connectivity index (χ2v) is 3.10. The average molecular weight is 244 g/mol. The monoisotopic (exact) mass is 244 g/mol. The van der Waals surface area contributed by atoms with Gasteiger partial charge in [-0.05, 0) is 6.07 Å². The third-order valence-corrected chi connectivity index (χ3v) is 1.97. The van der Waals surface area contributed by atoms with Crippen LogP contribution in [0.1, 0.15) is 0 Å². The molecule has 0 unspecified atom stereocenters. The van der Waals surface area contributed by atoms with Crippen LogP contribution in [-0.2, 0) is 9.68 Å². The van der Waals surface area contributed by atoms with Crippen LogP contribution in [0, 0.1) is 10.1 Å². The predicted octanol–water partition coefficient (Wildman–Crippen LogP) is -0.118. The second-order valence-electron chi connectivity index (χ2n) is 3.10. The van der Waals surface area contributed by atoms with Crippen molar-refractivity contribution < 1.29 is 29.5 Å². The van der Waals surface area contributed by atoms with Gasteiger partial charge in [-0.15, -0.1) is 5.23 Å². The third kappa shape index (κ3) is 2.12. The molecule has 92 valence electrons. The van der Waals surface area contributed by atoms with Gasteiger partial charge >= 0.3 is 11.8 Å². The van der Waals surface area contributed by atoms with E-state index < -0.39 is 11.1 Å². The standard InChI is InChI=1S/C8H8N2O7/c1-15-7-4-5(2-3-6(7)9(13)14)10-16-8(11,12)17-10/h2-4,11-12H,1H3. The first-order chi connectivity index (χ1) is 7.93. The quantitative estimate of drug-likeness (QED) is 0.429. The lowest BCUT2D eigenvalue weighted by Gasteiger charge is -2.38. The maximum Gasteiger partial charge on any atom is 0.454 e. The summed E-state index contributed by atoms with van der Waals surface area (Å²) in [6.45, 7) is 0. The summed E-state index contributed by atoms with van der Waals surface area (Å²) in [5, 5.41) is 28.8. The summed E-state index contributed by atoms with van der Waals surface area (Å²) >= 11 is 0. The Balaban J connectivity index is 2.24. The van der Waals surface area contributed by atoms with Gasteiger partial charge in [0.1, 0.15) is 0 Å². The van der Waals surface area contributed by atoms with Crippen LogP contribution < -0.4 is 9.96 Å². The lowest BCUT2D eigenvalue weighted by molar-refractivity contribution is -0.590. The van der Waals surface area contributed by atoms with Crippen molar-refractivity contribution in [1.29, 1.82) is 0 Å². The van der Waals surface area contributed by atoms with Crippen molar-refractivity contribution in [2.45, 2.75) is 6.16 Å². The molecule has 1 aliphatic rings. The van der Waals surface area contributed by atoms with Crippen LogP contribution in [0.3, 0.4) is 0 Å². The van der Waals surface area contributed by atoms with Crippen LogP contribution in [0.25, 0.3) is 0 Å². The highest BCUT2D eigenvalue weighted by atomic mass is 17.2. The SMILES string of the molecule is COc1cc(N2OC(O)(O)O2)ccc1[N+](=O)[O-]. The lowest BCUT2D eigenvalue weighted by Crippen LogP contribution is -2.57. The van der Waals surface area contributed by atoms with Crippen molar-refractivity contribution >= 4 is 11.4 Å². The van der Waals surface area contributed by atoms with Gasteiger partial charge in [-0.3, -0.25) is 10.1 Å². The number of hydrogen-bond donors (Lipinski definition) is 2. The van der Waals surface area contributed by atoms with Gasteiger partial charge in [-0.1, -0.05) is 0 Å². The smallest absolute Gasteiger partial charge is 0.454 e. The minimum atomic E-state index is -2.67. The summed E-state index contributed by atoms with van der Waals surface area (Å²) in [4.78, 5) is 18.8. The molecule has 1 aliphatic heterocycles. The molecule has 0 saturated carbocycles. The van der Waals surface area contributed by atoms with Crippen LogP contribution in [0.5, 0.6) is 5.75 Å². The van der Waals surface area contributed by atoms with E-state index >= 15 is 0 Å². The summed E-state index contributed by atoms with van der Waals surface area (Å²) in [6.07, 6.45) is -2.67. The predicted molar refractivity (Wildman–Crippen MR) is 51.5 cm³/mol. The Morgan fingerprint density at radius 2 is 2.12 bits per heavy atom. The number of rotatable bonds is 3. The molecule has 0 amide bonds. The molecule has 2 N–H and O–H groups in total. The lowest BCUT2D eigenvalue weighted by atomic mass is 10.2. The van der Waals surface area contributed by atoms with Crippen LogP contribution in [0.15, 0.2) is 18.2 Å². The summed E-state index contributed by atoms with van der Waals surface area (Å²) < 4.78 is 4.81. The summed E-state index contributed by atoms with van der Waals surface area (Å²) in [5.41, 5.74) is -0.0118. The molecular formula is C8H8N2O7. The average Bonchev–Trinajstić information content (AvgIpc) is 2.24. The van der Waals surface area contributed by atoms with Gasteiger partial charge in [0.25, 0.3) is 0 Å². The topological polar surface area (TPSA) is 115 Å². The Hall–Kier alpha value is -1.94. The summed E-state index contributed by atoms with van der Waals surface area (Å²) in [7, 11) is 1.27. The second kappa shape index (κ2) is 3.82. The van der Waals surface area contributed by atoms with Gasteiger partial charge in [-0.2, -0.15) is 9.68 Å². The molecule has 1 aromatic carbocycles. The van der Waals surface area contributed by atoms with E-state index in [9.17, 15) is 10.1 Å². The number of benzene rings is 1. The van der Waals surface area contributed by atoms with Gasteiger partial charge in [0, 0.05) is 12.1 Å². The molecule has 17 heavy (non-hydrogen) atoms. The first kappa shape index (κ1) is 11.5. The fourth-order valence-corrected chi connectivity index (χ4v) is 1.26. The van der Waals surface area contributed by atoms with Crippen molar-refractivity contribution in [1.82, 2.24) is 0 Å². The molecule has 0 spiro atoms. The zero-order chi connectivity index (χ0) is 12.6. The maximum atomic E-state index is 10.6. The normalized spacial score (nSPS) is 17.5. The van der Waals surface area contributed by atoms with E-state index in [0.717, 1.165) is 0 Å². The molecule has 0 aromatic heterocycles. The molecule has 1 aromatic rings. The molecule has 1 fully saturated rings. The van der Waals surface area contributed by atoms with Crippen LogP contribution >= 0.6 is 0 Å². The third-order valence-electron chi connectivity index (χ3n) is 1.97. The molecule has 2 rings (SSSR count). The number of anilines is 1. The summed E-state index contributed by atoms with van der Waals surface area (Å²) in [5.74, 6) is -0.00641. The van der Waals surface area contributed by atoms with E-state index in [2.05, 4.69) is 9.68 Å². The Morgan fingerprint density at radius 3 is 2.59 bits per heavy atom. The van der Waals surface area contributed by atoms with Crippen molar-refractivity contribution in [3.63, 3.8) is 0 Å². The Labute approximate surface area is 94.4 Å². The van der Waals surface area contributed by atoms with Crippen LogP contribution in [0.4, 0.5) is 11.4 Å². The first-order valence-electron chi connectivity index (χ1n) is 4.38. The van der Waals surface area contributed by atoms with Crippen molar-refractivity contribution in [2.24, 2.45) is 0 Å². The van der Waals surface area contributed by atoms with Gasteiger partial charge in [0.05, 0.1) is 17.7 Å². The molecule has 1 heterocycles.